The molecule has 1 unspecified atom stereocenters. The highest BCUT2D eigenvalue weighted by molar-refractivity contribution is 5.40. The van der Waals surface area contributed by atoms with Crippen LogP contribution in [0.2, 0.25) is 0 Å². The van der Waals surface area contributed by atoms with Crippen molar-refractivity contribution in [3.05, 3.63) is 64.5 Å². The predicted molar refractivity (Wildman–Crippen MR) is 80.1 cm³/mol. The van der Waals surface area contributed by atoms with Gasteiger partial charge in [0, 0.05) is 6.42 Å². The maximum Gasteiger partial charge on any atom is 0.126 e. The number of halogens is 1. The minimum absolute atomic E-state index is 0.232. The first-order valence-electron chi connectivity index (χ1n) is 7.32. The number of rotatable bonds is 4. The molecule has 21 heavy (non-hydrogen) atoms. The Hall–Kier alpha value is -1.87. The summed E-state index contributed by atoms with van der Waals surface area (Å²) < 4.78 is 18.7. The van der Waals surface area contributed by atoms with Gasteiger partial charge in [-0.3, -0.25) is 0 Å². The van der Waals surface area contributed by atoms with Crippen molar-refractivity contribution in [3.8, 4) is 5.75 Å². The average molecular weight is 286 g/mol. The molecule has 2 aromatic rings. The summed E-state index contributed by atoms with van der Waals surface area (Å²) in [5, 5.41) is 10.2. The van der Waals surface area contributed by atoms with Crippen LogP contribution in [0.1, 0.15) is 34.8 Å². The van der Waals surface area contributed by atoms with Gasteiger partial charge in [-0.25, -0.2) is 4.39 Å². The van der Waals surface area contributed by atoms with E-state index in [1.165, 1.54) is 17.2 Å². The van der Waals surface area contributed by atoms with E-state index in [1.807, 2.05) is 12.1 Å². The summed E-state index contributed by atoms with van der Waals surface area (Å²) in [5.74, 6) is 0.748. The first-order chi connectivity index (χ1) is 10.1. The van der Waals surface area contributed by atoms with Crippen LogP contribution in [-0.4, -0.2) is 11.7 Å². The molecule has 1 aliphatic rings. The van der Waals surface area contributed by atoms with Crippen LogP contribution < -0.4 is 4.74 Å². The molecule has 110 valence electrons. The number of aliphatic hydroxyl groups excluding tert-OH is 1. The van der Waals surface area contributed by atoms with Crippen molar-refractivity contribution >= 4 is 0 Å². The lowest BCUT2D eigenvalue weighted by Crippen LogP contribution is -2.01. The normalized spacial score (nSPS) is 14.6. The van der Waals surface area contributed by atoms with Crippen LogP contribution in [0.3, 0.4) is 0 Å². The Morgan fingerprint density at radius 1 is 1.24 bits per heavy atom. The van der Waals surface area contributed by atoms with E-state index in [-0.39, 0.29) is 5.82 Å². The molecule has 0 bridgehead atoms. The van der Waals surface area contributed by atoms with Crippen molar-refractivity contribution in [2.75, 3.05) is 6.61 Å². The molecule has 0 spiro atoms. The first-order valence-corrected chi connectivity index (χ1v) is 7.32. The highest BCUT2D eigenvalue weighted by atomic mass is 19.1. The van der Waals surface area contributed by atoms with E-state index >= 15 is 0 Å². The van der Waals surface area contributed by atoms with Gasteiger partial charge < -0.3 is 9.84 Å². The lowest BCUT2D eigenvalue weighted by Gasteiger charge is -2.12. The maximum atomic E-state index is 13.2. The molecule has 1 aliphatic heterocycles. The molecule has 0 saturated heterocycles. The molecule has 2 aromatic carbocycles. The second-order valence-electron chi connectivity index (χ2n) is 5.60. The topological polar surface area (TPSA) is 29.5 Å². The van der Waals surface area contributed by atoms with E-state index in [0.29, 0.717) is 12.0 Å². The molecule has 0 radical (unpaired) electrons. The summed E-state index contributed by atoms with van der Waals surface area (Å²) in [5.41, 5.74) is 3.80. The average Bonchev–Trinajstić information content (AvgIpc) is 2.95. The third-order valence-electron chi connectivity index (χ3n) is 4.03. The third-order valence-corrected chi connectivity index (χ3v) is 4.03. The summed E-state index contributed by atoms with van der Waals surface area (Å²) >= 11 is 0. The molecule has 2 nitrogen and oxygen atoms in total. The molecular formula is C18H19FO2. The molecule has 0 fully saturated rings. The molecule has 3 rings (SSSR count). The van der Waals surface area contributed by atoms with Crippen LogP contribution in [0.5, 0.6) is 5.75 Å². The van der Waals surface area contributed by atoms with E-state index in [4.69, 9.17) is 4.74 Å². The molecule has 1 heterocycles. The van der Waals surface area contributed by atoms with E-state index in [9.17, 15) is 9.50 Å². The molecule has 0 saturated carbocycles. The molecule has 1 N–H and O–H groups in total. The van der Waals surface area contributed by atoms with Crippen molar-refractivity contribution in [1.29, 1.82) is 0 Å². The van der Waals surface area contributed by atoms with Crippen LogP contribution in [-0.2, 0) is 12.8 Å². The molecular weight excluding hydrogens is 267 g/mol. The van der Waals surface area contributed by atoms with E-state index in [0.717, 1.165) is 30.8 Å². The summed E-state index contributed by atoms with van der Waals surface area (Å²) in [6, 6.07) is 11.0. The quantitative estimate of drug-likeness (QED) is 0.928. The van der Waals surface area contributed by atoms with Crippen molar-refractivity contribution in [3.63, 3.8) is 0 Å². The zero-order valence-electron chi connectivity index (χ0n) is 12.1. The van der Waals surface area contributed by atoms with Crippen molar-refractivity contribution in [2.45, 2.75) is 32.3 Å². The van der Waals surface area contributed by atoms with Crippen LogP contribution in [0.25, 0.3) is 0 Å². The lowest BCUT2D eigenvalue weighted by atomic mass is 9.98. The number of fused-ring (bicyclic) bond motifs is 1. The van der Waals surface area contributed by atoms with E-state index in [2.05, 4.69) is 6.07 Å². The lowest BCUT2D eigenvalue weighted by molar-refractivity contribution is 0.167. The fraction of sp³-hybridized carbons (Fsp3) is 0.333. The SMILES string of the molecule is Cc1cc(C(O)CCc2ccc3c(c2)CCO3)ccc1F. The van der Waals surface area contributed by atoms with Crippen molar-refractivity contribution in [1.82, 2.24) is 0 Å². The van der Waals surface area contributed by atoms with Gasteiger partial charge in [-0.05, 0) is 54.2 Å². The van der Waals surface area contributed by atoms with Gasteiger partial charge in [-0.1, -0.05) is 24.3 Å². The van der Waals surface area contributed by atoms with Crippen molar-refractivity contribution < 1.29 is 14.2 Å². The second kappa shape index (κ2) is 5.86. The molecule has 1 atom stereocenters. The van der Waals surface area contributed by atoms with Crippen molar-refractivity contribution in [2.24, 2.45) is 0 Å². The first kappa shape index (κ1) is 14.1. The van der Waals surface area contributed by atoms with Gasteiger partial charge in [0.05, 0.1) is 12.7 Å². The predicted octanol–water partition coefficient (Wildman–Crippen LogP) is 3.74. The number of ether oxygens (including phenoxy) is 1. The third kappa shape index (κ3) is 3.08. The number of hydrogen-bond acceptors (Lipinski definition) is 2. The van der Waals surface area contributed by atoms with Gasteiger partial charge in [0.1, 0.15) is 11.6 Å². The number of aliphatic hydroxyl groups is 1. The van der Waals surface area contributed by atoms with Crippen LogP contribution in [0, 0.1) is 12.7 Å². The zero-order chi connectivity index (χ0) is 14.8. The van der Waals surface area contributed by atoms with Gasteiger partial charge in [0.2, 0.25) is 0 Å². The van der Waals surface area contributed by atoms with Crippen LogP contribution >= 0.6 is 0 Å². The standard InChI is InChI=1S/C18H19FO2/c1-12-10-14(4-5-16(12)19)17(20)6-2-13-3-7-18-15(11-13)8-9-21-18/h3-5,7,10-11,17,20H,2,6,8-9H2,1H3. The second-order valence-corrected chi connectivity index (χ2v) is 5.60. The summed E-state index contributed by atoms with van der Waals surface area (Å²) in [4.78, 5) is 0. The fourth-order valence-electron chi connectivity index (χ4n) is 2.74. The summed E-state index contributed by atoms with van der Waals surface area (Å²) in [7, 11) is 0. The summed E-state index contributed by atoms with van der Waals surface area (Å²) in [6.45, 7) is 2.47. The number of benzene rings is 2. The van der Waals surface area contributed by atoms with Crippen LogP contribution in [0.4, 0.5) is 4.39 Å². The minimum atomic E-state index is -0.561. The van der Waals surface area contributed by atoms with Gasteiger partial charge in [-0.15, -0.1) is 0 Å². The van der Waals surface area contributed by atoms with Gasteiger partial charge in [-0.2, -0.15) is 0 Å². The number of aryl methyl sites for hydroxylation is 2. The van der Waals surface area contributed by atoms with Gasteiger partial charge in [0.15, 0.2) is 0 Å². The Kier molecular flexibility index (Phi) is 3.93. The zero-order valence-corrected chi connectivity index (χ0v) is 12.1. The Morgan fingerprint density at radius 3 is 2.90 bits per heavy atom. The molecule has 0 aliphatic carbocycles. The Morgan fingerprint density at radius 2 is 2.10 bits per heavy atom. The summed E-state index contributed by atoms with van der Waals surface area (Å²) in [6.07, 6.45) is 1.83. The van der Waals surface area contributed by atoms with Crippen LogP contribution in [0.15, 0.2) is 36.4 Å². The fourth-order valence-corrected chi connectivity index (χ4v) is 2.74. The molecule has 0 amide bonds. The largest absolute Gasteiger partial charge is 0.493 e. The molecule has 3 heteroatoms. The minimum Gasteiger partial charge on any atom is -0.493 e. The van der Waals surface area contributed by atoms with Gasteiger partial charge >= 0.3 is 0 Å². The Bertz CT molecular complexity index is 652. The Labute approximate surface area is 124 Å². The highest BCUT2D eigenvalue weighted by Gasteiger charge is 2.13. The maximum absolute atomic E-state index is 13.2. The van der Waals surface area contributed by atoms with Gasteiger partial charge in [0.25, 0.3) is 0 Å². The number of hydrogen-bond donors (Lipinski definition) is 1. The monoisotopic (exact) mass is 286 g/mol. The van der Waals surface area contributed by atoms with E-state index < -0.39 is 6.10 Å². The Balaban J connectivity index is 1.65. The smallest absolute Gasteiger partial charge is 0.126 e. The highest BCUT2D eigenvalue weighted by Crippen LogP contribution is 2.27. The molecule has 0 aromatic heterocycles. The van der Waals surface area contributed by atoms with E-state index in [1.54, 1.807) is 19.1 Å².